The first-order valence-electron chi connectivity index (χ1n) is 8.07. The molecule has 1 aliphatic heterocycles. The molecule has 2 rings (SSSR count). The highest BCUT2D eigenvalue weighted by molar-refractivity contribution is 5.82. The number of benzene rings is 1. The first-order valence-corrected chi connectivity index (χ1v) is 8.07. The number of hydrogen-bond donors (Lipinski definition) is 2. The summed E-state index contributed by atoms with van der Waals surface area (Å²) >= 11 is 0. The molecule has 1 aliphatic rings. The summed E-state index contributed by atoms with van der Waals surface area (Å²) < 4.78 is 5.86. The molecule has 1 unspecified atom stereocenters. The maximum absolute atomic E-state index is 12.6. The third kappa shape index (κ3) is 4.45. The van der Waals surface area contributed by atoms with Crippen LogP contribution in [0.1, 0.15) is 31.7 Å². The number of likely N-dealkylation sites (tertiary alicyclic amines) is 1. The molecule has 2 amide bonds. The lowest BCUT2D eigenvalue weighted by atomic mass is 9.96. The Hall–Kier alpha value is -2.08. The van der Waals surface area contributed by atoms with Crippen LogP contribution in [-0.2, 0) is 9.59 Å². The van der Waals surface area contributed by atoms with Crippen LogP contribution in [0.3, 0.4) is 0 Å². The van der Waals surface area contributed by atoms with E-state index in [0.29, 0.717) is 38.1 Å². The number of nitrogens with one attached hydrogen (secondary N) is 1. The average molecular weight is 319 g/mol. The molecule has 0 bridgehead atoms. The molecule has 0 aliphatic carbocycles. The third-order valence-electron chi connectivity index (χ3n) is 4.23. The molecule has 0 spiro atoms. The number of nitrogens with zero attached hydrogens (tertiary/aromatic N) is 1. The van der Waals surface area contributed by atoms with Crippen LogP contribution < -0.4 is 16.0 Å². The second kappa shape index (κ2) is 7.97. The zero-order chi connectivity index (χ0) is 16.8. The predicted molar refractivity (Wildman–Crippen MR) is 87.5 cm³/mol. The molecule has 1 fully saturated rings. The van der Waals surface area contributed by atoms with Gasteiger partial charge in [0, 0.05) is 19.0 Å². The Bertz CT molecular complexity index is 554. The van der Waals surface area contributed by atoms with Gasteiger partial charge in [0.05, 0.1) is 0 Å². The number of rotatable bonds is 5. The number of amides is 2. The van der Waals surface area contributed by atoms with Crippen molar-refractivity contribution >= 4 is 11.8 Å². The van der Waals surface area contributed by atoms with E-state index < -0.39 is 6.10 Å². The number of carbonyl (C=O) groups excluding carboxylic acids is 2. The molecule has 126 valence electrons. The molecule has 1 aromatic carbocycles. The molecule has 1 atom stereocenters. The zero-order valence-corrected chi connectivity index (χ0v) is 13.7. The maximum Gasteiger partial charge on any atom is 0.263 e. The van der Waals surface area contributed by atoms with Crippen LogP contribution in [0.2, 0.25) is 0 Å². The van der Waals surface area contributed by atoms with Crippen molar-refractivity contribution in [2.24, 2.45) is 11.8 Å². The van der Waals surface area contributed by atoms with E-state index in [-0.39, 0.29) is 17.7 Å². The third-order valence-corrected chi connectivity index (χ3v) is 4.23. The van der Waals surface area contributed by atoms with E-state index in [1.807, 2.05) is 38.1 Å². The number of piperidine rings is 1. The molecule has 0 aromatic heterocycles. The molecular formula is C17H25N3O3. The summed E-state index contributed by atoms with van der Waals surface area (Å²) in [6.45, 7) is 5.05. The Balaban J connectivity index is 1.94. The molecular weight excluding hydrogens is 294 g/mol. The van der Waals surface area contributed by atoms with Gasteiger partial charge in [-0.05, 0) is 43.9 Å². The minimum atomic E-state index is -0.489. The topological polar surface area (TPSA) is 84.7 Å². The highest BCUT2D eigenvalue weighted by Gasteiger charge is 2.30. The van der Waals surface area contributed by atoms with E-state index >= 15 is 0 Å². The van der Waals surface area contributed by atoms with Gasteiger partial charge in [-0.3, -0.25) is 15.0 Å². The minimum Gasteiger partial charge on any atom is -0.481 e. The average Bonchev–Trinajstić information content (AvgIpc) is 2.58. The smallest absolute Gasteiger partial charge is 0.263 e. The lowest BCUT2D eigenvalue weighted by Crippen LogP contribution is -2.48. The lowest BCUT2D eigenvalue weighted by molar-refractivity contribution is -0.142. The zero-order valence-electron chi connectivity index (χ0n) is 13.7. The molecule has 1 saturated heterocycles. The van der Waals surface area contributed by atoms with Crippen molar-refractivity contribution in [1.82, 2.24) is 10.3 Å². The van der Waals surface area contributed by atoms with Gasteiger partial charge in [-0.2, -0.15) is 0 Å². The molecule has 0 radical (unpaired) electrons. The first kappa shape index (κ1) is 17.3. The number of carbonyl (C=O) groups is 2. The van der Waals surface area contributed by atoms with Gasteiger partial charge in [0.1, 0.15) is 5.75 Å². The van der Waals surface area contributed by atoms with Crippen molar-refractivity contribution < 1.29 is 14.3 Å². The van der Waals surface area contributed by atoms with Crippen molar-refractivity contribution in [3.05, 3.63) is 29.8 Å². The Labute approximate surface area is 136 Å². The van der Waals surface area contributed by atoms with Crippen LogP contribution >= 0.6 is 0 Å². The van der Waals surface area contributed by atoms with E-state index in [2.05, 4.69) is 5.43 Å². The summed E-state index contributed by atoms with van der Waals surface area (Å²) in [5.74, 6) is 5.60. The lowest BCUT2D eigenvalue weighted by Gasteiger charge is -2.33. The van der Waals surface area contributed by atoms with Crippen molar-refractivity contribution in [2.45, 2.75) is 39.2 Å². The van der Waals surface area contributed by atoms with E-state index in [1.54, 1.807) is 4.90 Å². The number of nitrogens with two attached hydrogens (primary N) is 1. The second-order valence-corrected chi connectivity index (χ2v) is 5.94. The highest BCUT2D eigenvalue weighted by atomic mass is 16.5. The van der Waals surface area contributed by atoms with Gasteiger partial charge in [-0.25, -0.2) is 5.84 Å². The van der Waals surface area contributed by atoms with E-state index in [4.69, 9.17) is 10.6 Å². The van der Waals surface area contributed by atoms with Gasteiger partial charge in [-0.1, -0.05) is 19.1 Å². The summed E-state index contributed by atoms with van der Waals surface area (Å²) in [5, 5.41) is 0. The van der Waals surface area contributed by atoms with Gasteiger partial charge >= 0.3 is 0 Å². The number of hydrazine groups is 1. The van der Waals surface area contributed by atoms with Crippen molar-refractivity contribution in [1.29, 1.82) is 0 Å². The Morgan fingerprint density at radius 3 is 2.65 bits per heavy atom. The van der Waals surface area contributed by atoms with Gasteiger partial charge in [-0.15, -0.1) is 0 Å². The SMILES string of the molecule is CCC(Oc1cccc(C)c1)C(=O)N1CCC(C(=O)NN)CC1. The Morgan fingerprint density at radius 2 is 2.09 bits per heavy atom. The minimum absolute atomic E-state index is 0.0133. The summed E-state index contributed by atoms with van der Waals surface area (Å²) in [6.07, 6.45) is 1.39. The Kier molecular flexibility index (Phi) is 5.98. The van der Waals surface area contributed by atoms with Crippen LogP contribution in [0.5, 0.6) is 5.75 Å². The molecule has 6 heteroatoms. The van der Waals surface area contributed by atoms with Crippen molar-refractivity contribution in [3.8, 4) is 5.75 Å². The fraction of sp³-hybridized carbons (Fsp3) is 0.529. The number of aryl methyl sites for hydroxylation is 1. The summed E-state index contributed by atoms with van der Waals surface area (Å²) in [4.78, 5) is 26.0. The fourth-order valence-corrected chi connectivity index (χ4v) is 2.84. The van der Waals surface area contributed by atoms with Crippen LogP contribution in [0, 0.1) is 12.8 Å². The fourth-order valence-electron chi connectivity index (χ4n) is 2.84. The highest BCUT2D eigenvalue weighted by Crippen LogP contribution is 2.21. The van der Waals surface area contributed by atoms with Crippen molar-refractivity contribution in [2.75, 3.05) is 13.1 Å². The molecule has 3 N–H and O–H groups in total. The molecule has 1 heterocycles. The number of ether oxygens (including phenoxy) is 1. The van der Waals surface area contributed by atoms with Crippen molar-refractivity contribution in [3.63, 3.8) is 0 Å². The number of hydrogen-bond acceptors (Lipinski definition) is 4. The van der Waals surface area contributed by atoms with Gasteiger partial charge in [0.15, 0.2) is 6.10 Å². The van der Waals surface area contributed by atoms with E-state index in [9.17, 15) is 9.59 Å². The first-order chi connectivity index (χ1) is 11.0. The van der Waals surface area contributed by atoms with Crippen LogP contribution in [0.4, 0.5) is 0 Å². The van der Waals surface area contributed by atoms with Crippen LogP contribution in [0.15, 0.2) is 24.3 Å². The van der Waals surface area contributed by atoms with Gasteiger partial charge in [0.2, 0.25) is 5.91 Å². The van der Waals surface area contributed by atoms with Gasteiger partial charge in [0.25, 0.3) is 5.91 Å². The van der Waals surface area contributed by atoms with Crippen LogP contribution in [-0.4, -0.2) is 35.9 Å². The molecule has 6 nitrogen and oxygen atoms in total. The summed E-state index contributed by atoms with van der Waals surface area (Å²) in [6, 6.07) is 7.69. The van der Waals surface area contributed by atoms with E-state index in [0.717, 1.165) is 5.56 Å². The predicted octanol–water partition coefficient (Wildman–Crippen LogP) is 1.38. The monoisotopic (exact) mass is 319 g/mol. The van der Waals surface area contributed by atoms with Gasteiger partial charge < -0.3 is 9.64 Å². The Morgan fingerprint density at radius 1 is 1.39 bits per heavy atom. The second-order valence-electron chi connectivity index (χ2n) is 5.94. The quantitative estimate of drug-likeness (QED) is 0.488. The van der Waals surface area contributed by atoms with E-state index in [1.165, 1.54) is 0 Å². The maximum atomic E-state index is 12.6. The van der Waals surface area contributed by atoms with Crippen LogP contribution in [0.25, 0.3) is 0 Å². The largest absolute Gasteiger partial charge is 0.481 e. The molecule has 1 aromatic rings. The molecule has 0 saturated carbocycles. The summed E-state index contributed by atoms with van der Waals surface area (Å²) in [7, 11) is 0. The normalized spacial score (nSPS) is 16.7. The summed E-state index contributed by atoms with van der Waals surface area (Å²) in [5.41, 5.74) is 3.28. The molecule has 23 heavy (non-hydrogen) atoms. The standard InChI is InChI=1S/C17H25N3O3/c1-3-15(23-14-6-4-5-12(2)11-14)17(22)20-9-7-13(8-10-20)16(21)19-18/h4-6,11,13,15H,3,7-10,18H2,1-2H3,(H,19,21).